The van der Waals surface area contributed by atoms with Crippen LogP contribution in [0.5, 0.6) is 0 Å². The molecule has 0 aliphatic carbocycles. The van der Waals surface area contributed by atoms with E-state index in [1.807, 2.05) is 37.3 Å². The summed E-state index contributed by atoms with van der Waals surface area (Å²) in [6.45, 7) is 2.00. The lowest BCUT2D eigenvalue weighted by Gasteiger charge is -2.04. The maximum absolute atomic E-state index is 6.08. The van der Waals surface area contributed by atoms with Crippen LogP contribution in [0.4, 0.5) is 5.69 Å². The number of aryl methyl sites for hydroxylation is 1. The molecule has 0 fully saturated rings. The number of oxazole rings is 1. The highest BCUT2D eigenvalue weighted by molar-refractivity contribution is 9.11. The summed E-state index contributed by atoms with van der Waals surface area (Å²) in [6, 6.07) is 9.69. The number of benzene rings is 2. The number of rotatable bonds is 1. The average molecular weight is 382 g/mol. The second kappa shape index (κ2) is 4.65. The molecule has 5 heteroatoms. The summed E-state index contributed by atoms with van der Waals surface area (Å²) in [5, 5.41) is 0. The zero-order chi connectivity index (χ0) is 13.6. The summed E-state index contributed by atoms with van der Waals surface area (Å²) in [5.41, 5.74) is 10.2. The van der Waals surface area contributed by atoms with Crippen LogP contribution in [0.2, 0.25) is 0 Å². The molecule has 19 heavy (non-hydrogen) atoms. The first-order valence-electron chi connectivity index (χ1n) is 5.67. The third-order valence-corrected chi connectivity index (χ3v) is 4.05. The monoisotopic (exact) mass is 380 g/mol. The highest BCUT2D eigenvalue weighted by Gasteiger charge is 2.14. The molecule has 0 unspecified atom stereocenters. The van der Waals surface area contributed by atoms with Gasteiger partial charge in [-0.1, -0.05) is 28.1 Å². The number of fused-ring (bicyclic) bond motifs is 1. The van der Waals surface area contributed by atoms with E-state index in [0.717, 1.165) is 31.2 Å². The normalized spacial score (nSPS) is 11.1. The standard InChI is InChI=1S/C14H10Br2N2O/c1-7-3-2-4-11-13(7)19-14(18-11)9-5-8(15)6-10(16)12(9)17/h2-6H,17H2,1H3. The van der Waals surface area contributed by atoms with Crippen LogP contribution in [0.15, 0.2) is 43.7 Å². The van der Waals surface area contributed by atoms with Gasteiger partial charge in [0.15, 0.2) is 5.58 Å². The maximum Gasteiger partial charge on any atom is 0.229 e. The van der Waals surface area contributed by atoms with Crippen LogP contribution < -0.4 is 5.73 Å². The molecule has 0 saturated carbocycles. The van der Waals surface area contributed by atoms with Gasteiger partial charge in [0.1, 0.15) is 5.52 Å². The number of nitrogens with two attached hydrogens (primary N) is 1. The van der Waals surface area contributed by atoms with Gasteiger partial charge in [0.2, 0.25) is 5.89 Å². The maximum atomic E-state index is 6.08. The fraction of sp³-hybridized carbons (Fsp3) is 0.0714. The first-order valence-corrected chi connectivity index (χ1v) is 7.26. The van der Waals surface area contributed by atoms with Crippen LogP contribution in [-0.2, 0) is 0 Å². The highest BCUT2D eigenvalue weighted by Crippen LogP contribution is 2.36. The van der Waals surface area contributed by atoms with Crippen LogP contribution in [0, 0.1) is 6.92 Å². The number of aromatic nitrogens is 1. The lowest BCUT2D eigenvalue weighted by atomic mass is 10.2. The number of nitrogens with zero attached hydrogens (tertiary/aromatic N) is 1. The van der Waals surface area contributed by atoms with Crippen molar-refractivity contribution >= 4 is 48.6 Å². The van der Waals surface area contributed by atoms with Crippen molar-refractivity contribution < 1.29 is 4.42 Å². The Hall–Kier alpha value is -1.33. The fourth-order valence-electron chi connectivity index (χ4n) is 1.96. The Morgan fingerprint density at radius 2 is 2.00 bits per heavy atom. The summed E-state index contributed by atoms with van der Waals surface area (Å²) in [4.78, 5) is 4.50. The van der Waals surface area contributed by atoms with Gasteiger partial charge in [0.25, 0.3) is 0 Å². The van der Waals surface area contributed by atoms with E-state index in [-0.39, 0.29) is 0 Å². The van der Waals surface area contributed by atoms with E-state index < -0.39 is 0 Å². The van der Waals surface area contributed by atoms with Gasteiger partial charge in [-0.2, -0.15) is 0 Å². The lowest BCUT2D eigenvalue weighted by Crippen LogP contribution is -1.92. The molecule has 2 N–H and O–H groups in total. The topological polar surface area (TPSA) is 52.0 Å². The second-order valence-electron chi connectivity index (χ2n) is 4.29. The average Bonchev–Trinajstić information content (AvgIpc) is 2.79. The summed E-state index contributed by atoms with van der Waals surface area (Å²) in [7, 11) is 0. The molecule has 0 radical (unpaired) electrons. The van der Waals surface area contributed by atoms with E-state index >= 15 is 0 Å². The van der Waals surface area contributed by atoms with E-state index in [1.165, 1.54) is 0 Å². The van der Waals surface area contributed by atoms with Crippen molar-refractivity contribution in [3.63, 3.8) is 0 Å². The Morgan fingerprint density at radius 3 is 2.74 bits per heavy atom. The van der Waals surface area contributed by atoms with Crippen LogP contribution in [0.25, 0.3) is 22.6 Å². The molecular weight excluding hydrogens is 372 g/mol. The third kappa shape index (κ3) is 2.17. The fourth-order valence-corrected chi connectivity index (χ4v) is 3.19. The molecule has 3 aromatic rings. The molecule has 1 heterocycles. The van der Waals surface area contributed by atoms with Gasteiger partial charge in [0.05, 0.1) is 11.3 Å². The minimum absolute atomic E-state index is 0.531. The van der Waals surface area contributed by atoms with Crippen LogP contribution >= 0.6 is 31.9 Å². The number of halogens is 2. The van der Waals surface area contributed by atoms with E-state index in [9.17, 15) is 0 Å². The summed E-state index contributed by atoms with van der Waals surface area (Å²) in [6.07, 6.45) is 0. The van der Waals surface area contributed by atoms with E-state index in [1.54, 1.807) is 0 Å². The Balaban J connectivity index is 2.28. The number of nitrogen functional groups attached to an aromatic ring is 1. The minimum atomic E-state index is 0.531. The first-order chi connectivity index (χ1) is 9.06. The molecule has 1 aromatic heterocycles. The first kappa shape index (κ1) is 12.7. The molecule has 0 aliphatic heterocycles. The molecule has 0 bridgehead atoms. The van der Waals surface area contributed by atoms with Crippen LogP contribution in [0.3, 0.4) is 0 Å². The summed E-state index contributed by atoms with van der Waals surface area (Å²) < 4.78 is 7.58. The molecule has 3 nitrogen and oxygen atoms in total. The molecule has 96 valence electrons. The van der Waals surface area contributed by atoms with E-state index in [4.69, 9.17) is 10.2 Å². The SMILES string of the molecule is Cc1cccc2nc(-c3cc(Br)cc(Br)c3N)oc12. The van der Waals surface area contributed by atoms with Gasteiger partial charge in [-0.3, -0.25) is 0 Å². The quantitative estimate of drug-likeness (QED) is 0.609. The summed E-state index contributed by atoms with van der Waals surface area (Å²) in [5.74, 6) is 0.531. The van der Waals surface area contributed by atoms with Crippen molar-refractivity contribution in [1.82, 2.24) is 4.98 Å². The number of hydrogen-bond donors (Lipinski definition) is 1. The van der Waals surface area contributed by atoms with E-state index in [0.29, 0.717) is 11.6 Å². The van der Waals surface area contributed by atoms with E-state index in [2.05, 4.69) is 36.8 Å². The van der Waals surface area contributed by atoms with Crippen molar-refractivity contribution in [2.24, 2.45) is 0 Å². The lowest BCUT2D eigenvalue weighted by molar-refractivity contribution is 0.617. The van der Waals surface area contributed by atoms with Crippen molar-refractivity contribution in [3.8, 4) is 11.5 Å². The molecular formula is C14H10Br2N2O. The predicted molar refractivity (Wildman–Crippen MR) is 84.0 cm³/mol. The van der Waals surface area contributed by atoms with Crippen molar-refractivity contribution in [2.75, 3.05) is 5.73 Å². The van der Waals surface area contributed by atoms with Crippen molar-refractivity contribution in [2.45, 2.75) is 6.92 Å². The second-order valence-corrected chi connectivity index (χ2v) is 6.06. The molecule has 0 saturated heterocycles. The van der Waals surface area contributed by atoms with Gasteiger partial charge in [-0.15, -0.1) is 0 Å². The molecule has 0 amide bonds. The van der Waals surface area contributed by atoms with Gasteiger partial charge in [-0.25, -0.2) is 4.98 Å². The number of para-hydroxylation sites is 1. The minimum Gasteiger partial charge on any atom is -0.436 e. The summed E-state index contributed by atoms with van der Waals surface area (Å²) >= 11 is 6.88. The Labute approximate surface area is 127 Å². The predicted octanol–water partition coefficient (Wildman–Crippen LogP) is 4.91. The number of hydrogen-bond acceptors (Lipinski definition) is 3. The molecule has 0 atom stereocenters. The van der Waals surface area contributed by atoms with Crippen molar-refractivity contribution in [1.29, 1.82) is 0 Å². The van der Waals surface area contributed by atoms with Gasteiger partial charge < -0.3 is 10.2 Å². The Kier molecular flexibility index (Phi) is 3.11. The van der Waals surface area contributed by atoms with Crippen molar-refractivity contribution in [3.05, 3.63) is 44.8 Å². The zero-order valence-electron chi connectivity index (χ0n) is 10.1. The third-order valence-electron chi connectivity index (χ3n) is 2.94. The van der Waals surface area contributed by atoms with Crippen LogP contribution in [-0.4, -0.2) is 4.98 Å². The van der Waals surface area contributed by atoms with Gasteiger partial charge in [-0.05, 0) is 46.6 Å². The molecule has 2 aromatic carbocycles. The van der Waals surface area contributed by atoms with Crippen LogP contribution in [0.1, 0.15) is 5.56 Å². The smallest absolute Gasteiger partial charge is 0.229 e. The zero-order valence-corrected chi connectivity index (χ0v) is 13.2. The highest BCUT2D eigenvalue weighted by atomic mass is 79.9. The molecule has 0 spiro atoms. The van der Waals surface area contributed by atoms with Gasteiger partial charge >= 0.3 is 0 Å². The Morgan fingerprint density at radius 1 is 1.21 bits per heavy atom. The Bertz CT molecular complexity index is 780. The molecule has 3 rings (SSSR count). The largest absolute Gasteiger partial charge is 0.436 e. The molecule has 0 aliphatic rings. The number of anilines is 1. The van der Waals surface area contributed by atoms with Gasteiger partial charge in [0, 0.05) is 8.95 Å².